The number of hydrogen-bond donors (Lipinski definition) is 1. The van der Waals surface area contributed by atoms with Crippen LogP contribution in [-0.4, -0.2) is 49.3 Å². The van der Waals surface area contributed by atoms with Gasteiger partial charge in [0.15, 0.2) is 0 Å². The van der Waals surface area contributed by atoms with Crippen LogP contribution in [0.25, 0.3) is 0 Å². The molecule has 1 rings (SSSR count). The molecule has 0 aromatic rings. The van der Waals surface area contributed by atoms with Gasteiger partial charge in [-0.25, -0.2) is 0 Å². The number of ether oxygens (including phenoxy) is 3. The molecule has 0 spiro atoms. The Labute approximate surface area is 90.8 Å². The van der Waals surface area contributed by atoms with Crippen molar-refractivity contribution in [3.63, 3.8) is 0 Å². The molecule has 4 atom stereocenters. The minimum atomic E-state index is -0.454. The van der Waals surface area contributed by atoms with Gasteiger partial charge in [0.1, 0.15) is 12.2 Å². The molecule has 0 bridgehead atoms. The van der Waals surface area contributed by atoms with Crippen molar-refractivity contribution >= 4 is 0 Å². The van der Waals surface area contributed by atoms with Crippen molar-refractivity contribution < 1.29 is 19.3 Å². The summed E-state index contributed by atoms with van der Waals surface area (Å²) in [7, 11) is 0. The average molecular weight is 216 g/mol. The van der Waals surface area contributed by atoms with Crippen molar-refractivity contribution in [1.82, 2.24) is 0 Å². The Morgan fingerprint density at radius 1 is 1.53 bits per heavy atom. The van der Waals surface area contributed by atoms with E-state index in [0.717, 1.165) is 6.61 Å². The molecule has 1 aliphatic heterocycles. The number of rotatable bonds is 8. The van der Waals surface area contributed by atoms with Crippen molar-refractivity contribution in [3.8, 4) is 0 Å². The summed E-state index contributed by atoms with van der Waals surface area (Å²) in [6, 6.07) is 0. The Balaban J connectivity index is 2.18. The summed E-state index contributed by atoms with van der Waals surface area (Å²) in [5.74, 6) is 0. The van der Waals surface area contributed by atoms with Gasteiger partial charge in [-0.2, -0.15) is 0 Å². The van der Waals surface area contributed by atoms with Crippen molar-refractivity contribution in [3.05, 3.63) is 12.7 Å². The molecule has 0 aromatic carbocycles. The topological polar surface area (TPSA) is 51.2 Å². The lowest BCUT2D eigenvalue weighted by Crippen LogP contribution is -2.30. The maximum atomic E-state index is 9.07. The molecule has 1 N–H and O–H groups in total. The van der Waals surface area contributed by atoms with Gasteiger partial charge in [-0.3, -0.25) is 0 Å². The van der Waals surface area contributed by atoms with E-state index in [1.54, 1.807) is 13.0 Å². The molecule has 0 aliphatic carbocycles. The molecule has 1 aliphatic rings. The Morgan fingerprint density at radius 3 is 2.67 bits per heavy atom. The fourth-order valence-electron chi connectivity index (χ4n) is 1.16. The van der Waals surface area contributed by atoms with E-state index in [1.807, 2.05) is 6.92 Å². The van der Waals surface area contributed by atoms with Gasteiger partial charge in [-0.05, 0) is 13.8 Å². The molecule has 0 radical (unpaired) electrons. The highest BCUT2D eigenvalue weighted by Crippen LogP contribution is 2.13. The van der Waals surface area contributed by atoms with Crippen LogP contribution in [-0.2, 0) is 14.2 Å². The van der Waals surface area contributed by atoms with Crippen LogP contribution in [0.4, 0.5) is 0 Å². The predicted octanol–water partition coefficient (Wildman–Crippen LogP) is 0.742. The van der Waals surface area contributed by atoms with Gasteiger partial charge in [0.25, 0.3) is 0 Å². The quantitative estimate of drug-likeness (QED) is 0.480. The van der Waals surface area contributed by atoms with Crippen molar-refractivity contribution in [2.24, 2.45) is 0 Å². The second kappa shape index (κ2) is 6.23. The Bertz CT molecular complexity index is 189. The van der Waals surface area contributed by atoms with Crippen LogP contribution in [0, 0.1) is 0 Å². The van der Waals surface area contributed by atoms with E-state index in [1.165, 1.54) is 0 Å². The minimum absolute atomic E-state index is 0.101. The van der Waals surface area contributed by atoms with E-state index in [4.69, 9.17) is 19.3 Å². The number of aliphatic hydroxyl groups excluding tert-OH is 1. The summed E-state index contributed by atoms with van der Waals surface area (Å²) in [5, 5.41) is 9.07. The fourth-order valence-corrected chi connectivity index (χ4v) is 1.16. The summed E-state index contributed by atoms with van der Waals surface area (Å²) >= 11 is 0. The monoisotopic (exact) mass is 216 g/mol. The van der Waals surface area contributed by atoms with Crippen LogP contribution < -0.4 is 0 Å². The molecule has 88 valence electrons. The normalized spacial score (nSPS) is 25.7. The number of epoxide rings is 1. The highest BCUT2D eigenvalue weighted by molar-refractivity contribution is 4.86. The lowest BCUT2D eigenvalue weighted by Gasteiger charge is -2.22. The van der Waals surface area contributed by atoms with Crippen LogP contribution in [0.15, 0.2) is 12.7 Å². The molecule has 0 saturated carbocycles. The average Bonchev–Trinajstić information content (AvgIpc) is 2.99. The predicted molar refractivity (Wildman–Crippen MR) is 56.8 cm³/mol. The summed E-state index contributed by atoms with van der Waals surface area (Å²) in [6.45, 7) is 8.97. The minimum Gasteiger partial charge on any atom is -0.391 e. The second-order valence-corrected chi connectivity index (χ2v) is 3.88. The summed E-state index contributed by atoms with van der Waals surface area (Å²) in [5.41, 5.74) is 0. The first-order valence-electron chi connectivity index (χ1n) is 5.29. The summed E-state index contributed by atoms with van der Waals surface area (Å²) in [4.78, 5) is 0. The third kappa shape index (κ3) is 5.28. The zero-order valence-corrected chi connectivity index (χ0v) is 9.39. The Hall–Kier alpha value is -0.420. The maximum absolute atomic E-state index is 9.07. The molecule has 4 nitrogen and oxygen atoms in total. The van der Waals surface area contributed by atoms with E-state index in [-0.39, 0.29) is 18.3 Å². The molecule has 0 aromatic heterocycles. The first-order valence-corrected chi connectivity index (χ1v) is 5.29. The summed E-state index contributed by atoms with van der Waals surface area (Å²) < 4.78 is 16.0. The van der Waals surface area contributed by atoms with Gasteiger partial charge in [-0.1, -0.05) is 6.08 Å². The van der Waals surface area contributed by atoms with Crippen molar-refractivity contribution in [2.45, 2.75) is 38.3 Å². The van der Waals surface area contributed by atoms with Gasteiger partial charge in [0.05, 0.1) is 32.0 Å². The molecular formula is C11H20O4. The van der Waals surface area contributed by atoms with Crippen molar-refractivity contribution in [1.29, 1.82) is 0 Å². The second-order valence-electron chi connectivity index (χ2n) is 3.88. The lowest BCUT2D eigenvalue weighted by atomic mass is 10.2. The van der Waals surface area contributed by atoms with Gasteiger partial charge in [0, 0.05) is 0 Å². The van der Waals surface area contributed by atoms with Crippen LogP contribution >= 0.6 is 0 Å². The van der Waals surface area contributed by atoms with E-state index in [0.29, 0.717) is 13.2 Å². The SMILES string of the molecule is C=CC(OCC1CO1)C(C)OCC(C)O. The zero-order chi connectivity index (χ0) is 11.3. The first-order chi connectivity index (χ1) is 7.13. The molecule has 4 heteroatoms. The van der Waals surface area contributed by atoms with Crippen LogP contribution in [0.3, 0.4) is 0 Å². The number of aliphatic hydroxyl groups is 1. The van der Waals surface area contributed by atoms with Crippen molar-refractivity contribution in [2.75, 3.05) is 19.8 Å². The van der Waals surface area contributed by atoms with Gasteiger partial charge < -0.3 is 19.3 Å². The Morgan fingerprint density at radius 2 is 2.20 bits per heavy atom. The van der Waals surface area contributed by atoms with Crippen LogP contribution in [0.1, 0.15) is 13.8 Å². The molecular weight excluding hydrogens is 196 g/mol. The Kier molecular flexibility index (Phi) is 5.25. The highest BCUT2D eigenvalue weighted by atomic mass is 16.6. The molecule has 0 amide bonds. The molecule has 4 unspecified atom stereocenters. The maximum Gasteiger partial charge on any atom is 0.104 e. The fraction of sp³-hybridized carbons (Fsp3) is 0.818. The third-order valence-electron chi connectivity index (χ3n) is 2.17. The molecule has 1 heterocycles. The lowest BCUT2D eigenvalue weighted by molar-refractivity contribution is -0.0660. The van der Waals surface area contributed by atoms with Gasteiger partial charge in [0.2, 0.25) is 0 Å². The smallest absolute Gasteiger partial charge is 0.104 e. The largest absolute Gasteiger partial charge is 0.391 e. The van der Waals surface area contributed by atoms with Gasteiger partial charge >= 0.3 is 0 Å². The number of hydrogen-bond acceptors (Lipinski definition) is 4. The first kappa shape index (κ1) is 12.6. The summed E-state index contributed by atoms with van der Waals surface area (Å²) in [6.07, 6.45) is 1.26. The standard InChI is InChI=1S/C11H20O4/c1-4-11(15-7-10-6-14-10)9(3)13-5-8(2)12/h4,8-12H,1,5-7H2,2-3H3. The van der Waals surface area contributed by atoms with E-state index in [2.05, 4.69) is 6.58 Å². The van der Waals surface area contributed by atoms with Crippen LogP contribution in [0.2, 0.25) is 0 Å². The highest BCUT2D eigenvalue weighted by Gasteiger charge is 2.25. The van der Waals surface area contributed by atoms with Crippen LogP contribution in [0.5, 0.6) is 0 Å². The molecule has 1 fully saturated rings. The molecule has 15 heavy (non-hydrogen) atoms. The molecule has 1 saturated heterocycles. The van der Waals surface area contributed by atoms with Gasteiger partial charge in [-0.15, -0.1) is 6.58 Å². The zero-order valence-electron chi connectivity index (χ0n) is 9.39. The van der Waals surface area contributed by atoms with E-state index >= 15 is 0 Å². The van der Waals surface area contributed by atoms with E-state index < -0.39 is 6.10 Å². The third-order valence-corrected chi connectivity index (χ3v) is 2.17. The van der Waals surface area contributed by atoms with E-state index in [9.17, 15) is 0 Å².